The molecule has 0 aromatic carbocycles. The van der Waals surface area contributed by atoms with E-state index in [-0.39, 0.29) is 23.7 Å². The third-order valence-corrected chi connectivity index (χ3v) is 4.97. The van der Waals surface area contributed by atoms with Gasteiger partial charge in [0.05, 0.1) is 5.92 Å². The van der Waals surface area contributed by atoms with Crippen molar-refractivity contribution in [2.45, 2.75) is 65.2 Å². The number of aryl methyl sites for hydroxylation is 2. The molecule has 3 rings (SSSR count). The summed E-state index contributed by atoms with van der Waals surface area (Å²) in [6, 6.07) is 1.97. The topological polar surface area (TPSA) is 72.4 Å². The molecular formula is C19H27N3O3. The van der Waals surface area contributed by atoms with Crippen LogP contribution in [0.4, 0.5) is 0 Å². The Labute approximate surface area is 148 Å². The lowest BCUT2D eigenvalue weighted by molar-refractivity contribution is -0.133. The zero-order valence-corrected chi connectivity index (χ0v) is 15.7. The summed E-state index contributed by atoms with van der Waals surface area (Å²) in [7, 11) is 0. The highest BCUT2D eigenvalue weighted by atomic mass is 16.5. The minimum absolute atomic E-state index is 0.140. The van der Waals surface area contributed by atoms with Crippen LogP contribution in [0.1, 0.15) is 80.2 Å². The van der Waals surface area contributed by atoms with Crippen LogP contribution in [-0.4, -0.2) is 34.0 Å². The molecule has 1 aliphatic rings. The van der Waals surface area contributed by atoms with Gasteiger partial charge in [-0.2, -0.15) is 4.98 Å². The molecule has 0 bridgehead atoms. The van der Waals surface area contributed by atoms with E-state index in [9.17, 15) is 4.79 Å². The number of nitrogens with zero attached hydrogens (tertiary/aromatic N) is 3. The molecule has 1 amide bonds. The number of amides is 1. The van der Waals surface area contributed by atoms with E-state index in [1.54, 1.807) is 0 Å². The summed E-state index contributed by atoms with van der Waals surface area (Å²) in [5, 5.41) is 4.14. The lowest BCUT2D eigenvalue weighted by Gasteiger charge is -2.33. The molecule has 0 N–H and O–H groups in total. The van der Waals surface area contributed by atoms with Crippen LogP contribution in [0.5, 0.6) is 0 Å². The van der Waals surface area contributed by atoms with Crippen molar-refractivity contribution in [3.63, 3.8) is 0 Å². The van der Waals surface area contributed by atoms with Crippen LogP contribution < -0.4 is 0 Å². The van der Waals surface area contributed by atoms with Crippen molar-refractivity contribution < 1.29 is 13.7 Å². The highest BCUT2D eigenvalue weighted by Gasteiger charge is 2.31. The van der Waals surface area contributed by atoms with Gasteiger partial charge in [-0.1, -0.05) is 19.0 Å². The molecule has 1 aliphatic heterocycles. The molecule has 6 nitrogen and oxygen atoms in total. The maximum atomic E-state index is 13.0. The fourth-order valence-electron chi connectivity index (χ4n) is 3.52. The molecule has 6 heteroatoms. The fourth-order valence-corrected chi connectivity index (χ4v) is 3.52. The number of hydrogen-bond donors (Lipinski definition) is 0. The van der Waals surface area contributed by atoms with E-state index in [1.165, 1.54) is 0 Å². The summed E-state index contributed by atoms with van der Waals surface area (Å²) in [5.41, 5.74) is 0.978. The smallest absolute Gasteiger partial charge is 0.229 e. The van der Waals surface area contributed by atoms with Crippen LogP contribution in [0.2, 0.25) is 0 Å². The summed E-state index contributed by atoms with van der Waals surface area (Å²) in [6.45, 7) is 11.3. The van der Waals surface area contributed by atoms with Gasteiger partial charge in [0, 0.05) is 30.5 Å². The number of likely N-dealkylation sites (tertiary alicyclic amines) is 1. The largest absolute Gasteiger partial charge is 0.466 e. The van der Waals surface area contributed by atoms with Gasteiger partial charge in [0.1, 0.15) is 11.5 Å². The Balaban J connectivity index is 1.71. The molecule has 136 valence electrons. The Kier molecular flexibility index (Phi) is 4.97. The highest BCUT2D eigenvalue weighted by molar-refractivity contribution is 5.83. The minimum Gasteiger partial charge on any atom is -0.466 e. The summed E-state index contributed by atoms with van der Waals surface area (Å²) in [4.78, 5) is 19.4. The zero-order chi connectivity index (χ0) is 18.1. The lowest BCUT2D eigenvalue weighted by Crippen LogP contribution is -2.41. The van der Waals surface area contributed by atoms with Crippen LogP contribution in [-0.2, 0) is 4.79 Å². The number of rotatable bonds is 4. The van der Waals surface area contributed by atoms with Gasteiger partial charge in [0.15, 0.2) is 5.82 Å². The number of aromatic nitrogens is 2. The number of hydrogen-bond acceptors (Lipinski definition) is 5. The van der Waals surface area contributed by atoms with Gasteiger partial charge in [-0.05, 0) is 39.7 Å². The number of piperidine rings is 1. The van der Waals surface area contributed by atoms with Crippen molar-refractivity contribution >= 4 is 5.91 Å². The van der Waals surface area contributed by atoms with E-state index in [0.717, 1.165) is 42.3 Å². The van der Waals surface area contributed by atoms with E-state index in [0.29, 0.717) is 12.4 Å². The van der Waals surface area contributed by atoms with Crippen molar-refractivity contribution in [1.29, 1.82) is 0 Å². The Morgan fingerprint density at radius 2 is 2.08 bits per heavy atom. The molecule has 1 saturated heterocycles. The number of furan rings is 1. The Morgan fingerprint density at radius 3 is 2.68 bits per heavy atom. The standard InChI is InChI=1S/C19H27N3O3/c1-11(2)18-20-17(21-25-18)15-7-6-8-22(10-15)19(23)13(4)16-9-12(3)24-14(16)5/h9,11,13,15H,6-8,10H2,1-5H3/t13-,15-/m0/s1. The van der Waals surface area contributed by atoms with Gasteiger partial charge in [-0.3, -0.25) is 4.79 Å². The predicted octanol–water partition coefficient (Wildman–Crippen LogP) is 3.91. The maximum Gasteiger partial charge on any atom is 0.229 e. The molecule has 3 heterocycles. The average Bonchev–Trinajstić information content (AvgIpc) is 3.20. The maximum absolute atomic E-state index is 13.0. The van der Waals surface area contributed by atoms with E-state index >= 15 is 0 Å². The molecule has 0 saturated carbocycles. The van der Waals surface area contributed by atoms with Crippen LogP contribution in [0.15, 0.2) is 15.0 Å². The quantitative estimate of drug-likeness (QED) is 0.840. The summed E-state index contributed by atoms with van der Waals surface area (Å²) in [6.07, 6.45) is 1.94. The van der Waals surface area contributed by atoms with Crippen molar-refractivity contribution in [3.05, 3.63) is 34.9 Å². The fraction of sp³-hybridized carbons (Fsp3) is 0.632. The van der Waals surface area contributed by atoms with Crippen molar-refractivity contribution in [1.82, 2.24) is 15.0 Å². The third-order valence-electron chi connectivity index (χ3n) is 4.97. The van der Waals surface area contributed by atoms with Gasteiger partial charge in [-0.25, -0.2) is 0 Å². The van der Waals surface area contributed by atoms with E-state index in [1.807, 2.05) is 45.6 Å². The van der Waals surface area contributed by atoms with Crippen LogP contribution in [0, 0.1) is 13.8 Å². The monoisotopic (exact) mass is 345 g/mol. The number of carbonyl (C=O) groups is 1. The molecule has 25 heavy (non-hydrogen) atoms. The first kappa shape index (κ1) is 17.7. The van der Waals surface area contributed by atoms with Gasteiger partial charge in [-0.15, -0.1) is 0 Å². The average molecular weight is 345 g/mol. The highest BCUT2D eigenvalue weighted by Crippen LogP contribution is 2.30. The molecule has 1 fully saturated rings. The minimum atomic E-state index is -0.201. The Morgan fingerprint density at radius 1 is 1.32 bits per heavy atom. The third kappa shape index (κ3) is 3.62. The molecule has 0 unspecified atom stereocenters. The molecule has 0 radical (unpaired) electrons. The van der Waals surface area contributed by atoms with Crippen molar-refractivity contribution in [2.75, 3.05) is 13.1 Å². The Hall–Kier alpha value is -2.11. The first-order valence-corrected chi connectivity index (χ1v) is 9.06. The second-order valence-corrected chi connectivity index (χ2v) is 7.36. The molecule has 2 atom stereocenters. The predicted molar refractivity (Wildman–Crippen MR) is 93.5 cm³/mol. The van der Waals surface area contributed by atoms with Crippen molar-refractivity contribution in [3.8, 4) is 0 Å². The van der Waals surface area contributed by atoms with Gasteiger partial charge in [0.25, 0.3) is 0 Å². The van der Waals surface area contributed by atoms with E-state index < -0.39 is 0 Å². The van der Waals surface area contributed by atoms with E-state index in [4.69, 9.17) is 8.94 Å². The first-order chi connectivity index (χ1) is 11.9. The van der Waals surface area contributed by atoms with Crippen LogP contribution >= 0.6 is 0 Å². The van der Waals surface area contributed by atoms with Crippen LogP contribution in [0.3, 0.4) is 0 Å². The van der Waals surface area contributed by atoms with Crippen LogP contribution in [0.25, 0.3) is 0 Å². The lowest BCUT2D eigenvalue weighted by atomic mass is 9.94. The molecule has 2 aromatic rings. The van der Waals surface area contributed by atoms with E-state index in [2.05, 4.69) is 10.1 Å². The molecule has 2 aromatic heterocycles. The molecule has 0 spiro atoms. The SMILES string of the molecule is Cc1cc([C@H](C)C(=O)N2CCC[C@H](c3noc(C(C)C)n3)C2)c(C)o1. The zero-order valence-electron chi connectivity index (χ0n) is 15.7. The van der Waals surface area contributed by atoms with Gasteiger partial charge in [0.2, 0.25) is 11.8 Å². The second-order valence-electron chi connectivity index (χ2n) is 7.36. The van der Waals surface area contributed by atoms with Crippen molar-refractivity contribution in [2.24, 2.45) is 0 Å². The number of carbonyl (C=O) groups excluding carboxylic acids is 1. The summed E-state index contributed by atoms with van der Waals surface area (Å²) >= 11 is 0. The molecular weight excluding hydrogens is 318 g/mol. The Bertz CT molecular complexity index is 747. The summed E-state index contributed by atoms with van der Waals surface area (Å²) in [5.74, 6) is 3.36. The van der Waals surface area contributed by atoms with Gasteiger partial charge >= 0.3 is 0 Å². The second kappa shape index (κ2) is 7.02. The first-order valence-electron chi connectivity index (χ1n) is 9.06. The summed E-state index contributed by atoms with van der Waals surface area (Å²) < 4.78 is 10.9. The molecule has 0 aliphatic carbocycles. The van der Waals surface area contributed by atoms with Gasteiger partial charge < -0.3 is 13.8 Å². The normalized spacial score (nSPS) is 19.4.